The third-order valence-corrected chi connectivity index (χ3v) is 5.35. The van der Waals surface area contributed by atoms with Crippen LogP contribution in [0.25, 0.3) is 0 Å². The van der Waals surface area contributed by atoms with E-state index in [-0.39, 0.29) is 41.7 Å². The molecule has 1 fully saturated rings. The lowest BCUT2D eigenvalue weighted by atomic mass is 10.1. The number of guanidine groups is 1. The van der Waals surface area contributed by atoms with Crippen molar-refractivity contribution in [2.24, 2.45) is 4.99 Å². The van der Waals surface area contributed by atoms with E-state index in [1.165, 1.54) is 0 Å². The van der Waals surface area contributed by atoms with Gasteiger partial charge in [0.1, 0.15) is 5.82 Å². The van der Waals surface area contributed by atoms with Crippen molar-refractivity contribution in [3.63, 3.8) is 0 Å². The Hall–Kier alpha value is -2.16. The molecule has 7 heteroatoms. The lowest BCUT2D eigenvalue weighted by Crippen LogP contribution is -2.38. The first-order valence-corrected chi connectivity index (χ1v) is 10.6. The monoisotopic (exact) mass is 538 g/mol. The smallest absolute Gasteiger partial charge is 0.222 e. The lowest BCUT2D eigenvalue weighted by Gasteiger charge is -2.19. The zero-order chi connectivity index (χ0) is 21.5. The molecule has 1 saturated heterocycles. The number of carbonyl (C=O) groups is 1. The number of hydrogen-bond acceptors (Lipinski definition) is 2. The van der Waals surface area contributed by atoms with Gasteiger partial charge in [-0.1, -0.05) is 36.4 Å². The molecule has 31 heavy (non-hydrogen) atoms. The topological polar surface area (TPSA) is 56.7 Å². The minimum atomic E-state index is -0.198. The first kappa shape index (κ1) is 25.1. The minimum Gasteiger partial charge on any atom is -0.357 e. The highest BCUT2D eigenvalue weighted by atomic mass is 127. The Labute approximate surface area is 201 Å². The summed E-state index contributed by atoms with van der Waals surface area (Å²) in [6.45, 7) is 8.52. The molecule has 0 radical (unpaired) electrons. The summed E-state index contributed by atoms with van der Waals surface area (Å²) < 4.78 is 13.9. The van der Waals surface area contributed by atoms with Crippen molar-refractivity contribution < 1.29 is 9.18 Å². The summed E-state index contributed by atoms with van der Waals surface area (Å²) >= 11 is 0. The van der Waals surface area contributed by atoms with Crippen LogP contribution >= 0.6 is 24.0 Å². The van der Waals surface area contributed by atoms with E-state index in [9.17, 15) is 9.18 Å². The largest absolute Gasteiger partial charge is 0.357 e. The SMILES string of the molecule is CCNC(=NCc1cccc(CN2CCCC2=O)c1)NC(C)c1ccc(C)c(F)c1.I. The summed E-state index contributed by atoms with van der Waals surface area (Å²) in [5.74, 6) is 0.723. The summed E-state index contributed by atoms with van der Waals surface area (Å²) in [7, 11) is 0. The lowest BCUT2D eigenvalue weighted by molar-refractivity contribution is -0.128. The van der Waals surface area contributed by atoms with Crippen LogP contribution in [-0.4, -0.2) is 29.9 Å². The van der Waals surface area contributed by atoms with Crippen molar-refractivity contribution in [1.29, 1.82) is 0 Å². The first-order valence-electron chi connectivity index (χ1n) is 10.6. The number of amides is 1. The van der Waals surface area contributed by atoms with Crippen LogP contribution < -0.4 is 10.6 Å². The van der Waals surface area contributed by atoms with Gasteiger partial charge in [-0.05, 0) is 55.5 Å². The molecule has 0 bridgehead atoms. The van der Waals surface area contributed by atoms with Gasteiger partial charge in [-0.2, -0.15) is 0 Å². The second-order valence-corrected chi connectivity index (χ2v) is 7.81. The van der Waals surface area contributed by atoms with Crippen molar-refractivity contribution in [3.05, 3.63) is 70.5 Å². The van der Waals surface area contributed by atoms with Crippen LogP contribution in [0, 0.1) is 12.7 Å². The van der Waals surface area contributed by atoms with Crippen LogP contribution in [0.3, 0.4) is 0 Å². The number of aryl methyl sites for hydroxylation is 1. The average Bonchev–Trinajstić information content (AvgIpc) is 3.13. The number of benzene rings is 2. The number of nitrogens with zero attached hydrogens (tertiary/aromatic N) is 2. The van der Waals surface area contributed by atoms with Crippen molar-refractivity contribution in [1.82, 2.24) is 15.5 Å². The van der Waals surface area contributed by atoms with E-state index >= 15 is 0 Å². The molecule has 0 aromatic heterocycles. The van der Waals surface area contributed by atoms with E-state index in [4.69, 9.17) is 4.99 Å². The molecule has 0 spiro atoms. The van der Waals surface area contributed by atoms with E-state index in [1.54, 1.807) is 19.1 Å². The number of nitrogens with one attached hydrogen (secondary N) is 2. The number of carbonyl (C=O) groups excluding carboxylic acids is 1. The number of likely N-dealkylation sites (tertiary alicyclic amines) is 1. The Morgan fingerprint density at radius 3 is 2.68 bits per heavy atom. The molecule has 2 N–H and O–H groups in total. The van der Waals surface area contributed by atoms with Crippen LogP contribution in [0.2, 0.25) is 0 Å². The molecule has 168 valence electrons. The van der Waals surface area contributed by atoms with E-state index in [1.807, 2.05) is 36.9 Å². The van der Waals surface area contributed by atoms with Crippen molar-refractivity contribution >= 4 is 35.8 Å². The van der Waals surface area contributed by atoms with Gasteiger partial charge in [0, 0.05) is 26.1 Å². The zero-order valence-corrected chi connectivity index (χ0v) is 20.8. The summed E-state index contributed by atoms with van der Waals surface area (Å²) in [5, 5.41) is 6.60. The van der Waals surface area contributed by atoms with Crippen LogP contribution in [0.4, 0.5) is 4.39 Å². The van der Waals surface area contributed by atoms with E-state index in [2.05, 4.69) is 22.8 Å². The van der Waals surface area contributed by atoms with E-state index in [0.717, 1.165) is 36.2 Å². The third-order valence-electron chi connectivity index (χ3n) is 5.35. The van der Waals surface area contributed by atoms with Gasteiger partial charge in [0.15, 0.2) is 5.96 Å². The molecule has 0 aliphatic carbocycles. The Kier molecular flexibility index (Phi) is 9.74. The Balaban J connectivity index is 0.00000341. The molecular formula is C24H32FIN4O. The Morgan fingerprint density at radius 1 is 1.23 bits per heavy atom. The maximum absolute atomic E-state index is 13.9. The summed E-state index contributed by atoms with van der Waals surface area (Å²) in [6, 6.07) is 13.4. The highest BCUT2D eigenvalue weighted by Crippen LogP contribution is 2.17. The fraction of sp³-hybridized carbons (Fsp3) is 0.417. The van der Waals surface area contributed by atoms with Crippen LogP contribution in [-0.2, 0) is 17.9 Å². The fourth-order valence-corrected chi connectivity index (χ4v) is 3.58. The number of hydrogen-bond donors (Lipinski definition) is 2. The Morgan fingerprint density at radius 2 is 2.00 bits per heavy atom. The molecular weight excluding hydrogens is 506 g/mol. The van der Waals surface area contributed by atoms with Crippen LogP contribution in [0.1, 0.15) is 55.0 Å². The fourth-order valence-electron chi connectivity index (χ4n) is 3.58. The van der Waals surface area contributed by atoms with Gasteiger partial charge in [-0.25, -0.2) is 9.38 Å². The predicted molar refractivity (Wildman–Crippen MR) is 134 cm³/mol. The Bertz CT molecular complexity index is 918. The van der Waals surface area contributed by atoms with E-state index < -0.39 is 0 Å². The molecule has 2 aromatic rings. The molecule has 1 aliphatic heterocycles. The zero-order valence-electron chi connectivity index (χ0n) is 18.5. The van der Waals surface area contributed by atoms with Crippen LogP contribution in [0.5, 0.6) is 0 Å². The standard InChI is InChI=1S/C24H31FN4O.HI/c1-4-26-24(28-18(3)21-11-10-17(2)22(25)14-21)27-15-19-7-5-8-20(13-19)16-29-12-6-9-23(29)30;/h5,7-8,10-11,13-14,18H,4,6,9,12,15-16H2,1-3H3,(H2,26,27,28);1H. The molecule has 3 rings (SSSR count). The van der Waals surface area contributed by atoms with Gasteiger partial charge in [0.25, 0.3) is 0 Å². The molecule has 5 nitrogen and oxygen atoms in total. The van der Waals surface area contributed by atoms with Gasteiger partial charge < -0.3 is 15.5 Å². The molecule has 1 unspecified atom stereocenters. The van der Waals surface area contributed by atoms with Crippen molar-refractivity contribution in [2.45, 2.75) is 52.7 Å². The normalized spacial score (nSPS) is 14.9. The number of aliphatic imine (C=N–C) groups is 1. The van der Waals surface area contributed by atoms with Crippen molar-refractivity contribution in [2.75, 3.05) is 13.1 Å². The van der Waals surface area contributed by atoms with Gasteiger partial charge in [0.2, 0.25) is 5.91 Å². The van der Waals surface area contributed by atoms with Gasteiger partial charge in [0.05, 0.1) is 12.6 Å². The third kappa shape index (κ3) is 7.19. The highest BCUT2D eigenvalue weighted by molar-refractivity contribution is 14.0. The summed E-state index contributed by atoms with van der Waals surface area (Å²) in [4.78, 5) is 18.5. The average molecular weight is 538 g/mol. The second kappa shape index (κ2) is 12.0. The number of rotatable bonds is 7. The summed E-state index contributed by atoms with van der Waals surface area (Å²) in [6.07, 6.45) is 1.61. The molecule has 2 aromatic carbocycles. The molecule has 1 heterocycles. The van der Waals surface area contributed by atoms with E-state index in [0.29, 0.717) is 31.0 Å². The number of halogens is 2. The maximum Gasteiger partial charge on any atom is 0.222 e. The highest BCUT2D eigenvalue weighted by Gasteiger charge is 2.19. The summed E-state index contributed by atoms with van der Waals surface area (Å²) in [5.41, 5.74) is 3.73. The molecule has 1 aliphatic rings. The molecule has 0 saturated carbocycles. The first-order chi connectivity index (χ1) is 14.5. The minimum absolute atomic E-state index is 0. The second-order valence-electron chi connectivity index (χ2n) is 7.81. The molecule has 1 amide bonds. The maximum atomic E-state index is 13.9. The van der Waals surface area contributed by atoms with Crippen molar-refractivity contribution in [3.8, 4) is 0 Å². The molecule has 1 atom stereocenters. The van der Waals surface area contributed by atoms with Crippen LogP contribution in [0.15, 0.2) is 47.5 Å². The van der Waals surface area contributed by atoms with Gasteiger partial charge in [-0.3, -0.25) is 4.79 Å². The van der Waals surface area contributed by atoms with Gasteiger partial charge >= 0.3 is 0 Å². The van der Waals surface area contributed by atoms with Gasteiger partial charge in [-0.15, -0.1) is 24.0 Å². The predicted octanol–water partition coefficient (Wildman–Crippen LogP) is 4.69. The quantitative estimate of drug-likeness (QED) is 0.306.